The average Bonchev–Trinajstić information content (AvgIpc) is 2.61. The molecule has 0 unspecified atom stereocenters. The fourth-order valence-corrected chi connectivity index (χ4v) is 2.71. The molecule has 0 aliphatic rings. The van der Waals surface area contributed by atoms with Crippen molar-refractivity contribution in [2.45, 2.75) is 33.2 Å². The largest absolute Gasteiger partial charge is 0.347 e. The minimum atomic E-state index is -0.360. The Morgan fingerprint density at radius 1 is 1.04 bits per heavy atom. The number of nitrogens with zero attached hydrogens (tertiary/aromatic N) is 2. The molecule has 0 saturated carbocycles. The third kappa shape index (κ3) is 4.56. The number of benzene rings is 1. The Bertz CT molecular complexity index is 976. The molecule has 0 aliphatic carbocycles. The molecule has 0 bridgehead atoms. The van der Waals surface area contributed by atoms with Gasteiger partial charge < -0.3 is 5.32 Å². The number of nitrogens with one attached hydrogen (secondary N) is 1. The number of rotatable bonds is 3. The molecule has 0 atom stereocenters. The number of halogens is 1. The molecule has 2 aromatic heterocycles. The van der Waals surface area contributed by atoms with Crippen molar-refractivity contribution < 1.29 is 9.18 Å². The van der Waals surface area contributed by atoms with E-state index in [0.717, 1.165) is 16.7 Å². The first-order valence-corrected chi connectivity index (χ1v) is 8.74. The SMILES string of the molecule is Cc1ccncc1-c1cc(C(=O)NC(C)(C)C)cc(-c2ccc(F)cc2)n1. The number of aryl methyl sites for hydroxylation is 1. The first kappa shape index (κ1) is 18.7. The minimum Gasteiger partial charge on any atom is -0.347 e. The molecule has 0 radical (unpaired) electrons. The van der Waals surface area contributed by atoms with Crippen LogP contribution >= 0.6 is 0 Å². The molecular weight excluding hydrogens is 341 g/mol. The lowest BCUT2D eigenvalue weighted by molar-refractivity contribution is 0.0919. The summed E-state index contributed by atoms with van der Waals surface area (Å²) in [6.07, 6.45) is 3.45. The second kappa shape index (κ2) is 7.27. The summed E-state index contributed by atoms with van der Waals surface area (Å²) in [4.78, 5) is 21.6. The van der Waals surface area contributed by atoms with Crippen LogP contribution in [0.3, 0.4) is 0 Å². The van der Waals surface area contributed by atoms with Gasteiger partial charge in [-0.15, -0.1) is 0 Å². The zero-order valence-corrected chi connectivity index (χ0v) is 15.9. The fourth-order valence-electron chi connectivity index (χ4n) is 2.71. The van der Waals surface area contributed by atoms with E-state index in [1.54, 1.807) is 36.7 Å². The molecule has 1 amide bonds. The molecule has 1 aromatic carbocycles. The van der Waals surface area contributed by atoms with E-state index in [1.807, 2.05) is 33.8 Å². The highest BCUT2D eigenvalue weighted by atomic mass is 19.1. The Balaban J connectivity index is 2.15. The maximum atomic E-state index is 13.3. The third-order valence-electron chi connectivity index (χ3n) is 4.03. The van der Waals surface area contributed by atoms with Crippen molar-refractivity contribution in [3.63, 3.8) is 0 Å². The van der Waals surface area contributed by atoms with Gasteiger partial charge in [0, 0.05) is 34.6 Å². The molecule has 3 aromatic rings. The van der Waals surface area contributed by atoms with Crippen molar-refractivity contribution in [3.05, 3.63) is 71.8 Å². The lowest BCUT2D eigenvalue weighted by Crippen LogP contribution is -2.40. The lowest BCUT2D eigenvalue weighted by Gasteiger charge is -2.21. The maximum absolute atomic E-state index is 13.3. The summed E-state index contributed by atoms with van der Waals surface area (Å²) >= 11 is 0. The summed E-state index contributed by atoms with van der Waals surface area (Å²) in [6.45, 7) is 7.76. The third-order valence-corrected chi connectivity index (χ3v) is 4.03. The molecular formula is C22H22FN3O. The molecule has 3 rings (SSSR count). The van der Waals surface area contributed by atoms with E-state index in [9.17, 15) is 9.18 Å². The Labute approximate surface area is 158 Å². The Morgan fingerprint density at radius 3 is 2.33 bits per heavy atom. The molecule has 0 aliphatic heterocycles. The second-order valence-corrected chi connectivity index (χ2v) is 7.53. The van der Waals surface area contributed by atoms with Gasteiger partial charge >= 0.3 is 0 Å². The van der Waals surface area contributed by atoms with Gasteiger partial charge in [0.05, 0.1) is 11.4 Å². The van der Waals surface area contributed by atoms with Gasteiger partial charge in [0.25, 0.3) is 5.91 Å². The van der Waals surface area contributed by atoms with Crippen LogP contribution in [-0.2, 0) is 0 Å². The van der Waals surface area contributed by atoms with Crippen molar-refractivity contribution in [2.24, 2.45) is 0 Å². The van der Waals surface area contributed by atoms with Gasteiger partial charge in [-0.3, -0.25) is 9.78 Å². The van der Waals surface area contributed by atoms with Crippen LogP contribution in [0.5, 0.6) is 0 Å². The van der Waals surface area contributed by atoms with Crippen LogP contribution in [-0.4, -0.2) is 21.4 Å². The van der Waals surface area contributed by atoms with Gasteiger partial charge in [0.2, 0.25) is 0 Å². The quantitative estimate of drug-likeness (QED) is 0.728. The van der Waals surface area contributed by atoms with Gasteiger partial charge in [-0.05, 0) is 75.7 Å². The average molecular weight is 363 g/mol. The maximum Gasteiger partial charge on any atom is 0.251 e. The molecule has 4 nitrogen and oxygen atoms in total. The standard InChI is InChI=1S/C22H22FN3O/c1-14-9-10-24-13-18(14)20-12-16(21(27)26-22(2,3)4)11-19(25-20)15-5-7-17(23)8-6-15/h5-13H,1-4H3,(H,26,27). The molecule has 0 fully saturated rings. The zero-order valence-electron chi connectivity index (χ0n) is 15.9. The molecule has 0 saturated heterocycles. The Hall–Kier alpha value is -3.08. The van der Waals surface area contributed by atoms with Gasteiger partial charge in [-0.2, -0.15) is 0 Å². The number of hydrogen-bond acceptors (Lipinski definition) is 3. The van der Waals surface area contributed by atoms with Crippen molar-refractivity contribution in [1.29, 1.82) is 0 Å². The van der Waals surface area contributed by atoms with E-state index in [2.05, 4.69) is 10.3 Å². The van der Waals surface area contributed by atoms with Gasteiger partial charge in [-0.1, -0.05) is 0 Å². The summed E-state index contributed by atoms with van der Waals surface area (Å²) in [5.41, 5.74) is 4.00. The van der Waals surface area contributed by atoms with Crippen molar-refractivity contribution in [1.82, 2.24) is 15.3 Å². The highest BCUT2D eigenvalue weighted by molar-refractivity contribution is 5.96. The van der Waals surface area contributed by atoms with Crippen LogP contribution < -0.4 is 5.32 Å². The van der Waals surface area contributed by atoms with Gasteiger partial charge in [-0.25, -0.2) is 9.37 Å². The number of amides is 1. The Morgan fingerprint density at radius 2 is 1.70 bits per heavy atom. The van der Waals surface area contributed by atoms with E-state index >= 15 is 0 Å². The topological polar surface area (TPSA) is 54.9 Å². The fraction of sp³-hybridized carbons (Fsp3) is 0.227. The van der Waals surface area contributed by atoms with E-state index in [-0.39, 0.29) is 17.3 Å². The lowest BCUT2D eigenvalue weighted by atomic mass is 10.0. The first-order valence-electron chi connectivity index (χ1n) is 8.74. The predicted octanol–water partition coefficient (Wildman–Crippen LogP) is 4.79. The summed E-state index contributed by atoms with van der Waals surface area (Å²) in [6, 6.07) is 11.5. The van der Waals surface area contributed by atoms with Crippen molar-refractivity contribution in [3.8, 4) is 22.5 Å². The monoisotopic (exact) mass is 363 g/mol. The predicted molar refractivity (Wildman–Crippen MR) is 105 cm³/mol. The Kier molecular flexibility index (Phi) is 5.04. The zero-order chi connectivity index (χ0) is 19.6. The highest BCUT2D eigenvalue weighted by Gasteiger charge is 2.18. The minimum absolute atomic E-state index is 0.184. The molecule has 5 heteroatoms. The van der Waals surface area contributed by atoms with Gasteiger partial charge in [0.1, 0.15) is 5.82 Å². The van der Waals surface area contributed by atoms with E-state index in [0.29, 0.717) is 17.0 Å². The highest BCUT2D eigenvalue weighted by Crippen LogP contribution is 2.27. The van der Waals surface area contributed by atoms with Crippen LogP contribution in [0.2, 0.25) is 0 Å². The van der Waals surface area contributed by atoms with E-state index in [4.69, 9.17) is 4.98 Å². The van der Waals surface area contributed by atoms with Crippen LogP contribution in [0.1, 0.15) is 36.7 Å². The van der Waals surface area contributed by atoms with E-state index in [1.165, 1.54) is 12.1 Å². The molecule has 27 heavy (non-hydrogen) atoms. The van der Waals surface area contributed by atoms with Crippen LogP contribution in [0.15, 0.2) is 54.9 Å². The smallest absolute Gasteiger partial charge is 0.251 e. The van der Waals surface area contributed by atoms with Crippen LogP contribution in [0.4, 0.5) is 4.39 Å². The van der Waals surface area contributed by atoms with Crippen LogP contribution in [0.25, 0.3) is 22.5 Å². The summed E-state index contributed by atoms with van der Waals surface area (Å²) in [5.74, 6) is -0.500. The number of carbonyl (C=O) groups excluding carboxylic acids is 1. The van der Waals surface area contributed by atoms with Crippen LogP contribution in [0, 0.1) is 12.7 Å². The summed E-state index contributed by atoms with van der Waals surface area (Å²) in [7, 11) is 0. The van der Waals surface area contributed by atoms with Crippen molar-refractivity contribution in [2.75, 3.05) is 0 Å². The number of pyridine rings is 2. The summed E-state index contributed by atoms with van der Waals surface area (Å²) < 4.78 is 13.3. The normalized spacial score (nSPS) is 11.3. The molecule has 2 heterocycles. The molecule has 1 N–H and O–H groups in total. The molecule has 0 spiro atoms. The summed E-state index contributed by atoms with van der Waals surface area (Å²) in [5, 5.41) is 2.97. The second-order valence-electron chi connectivity index (χ2n) is 7.53. The number of aromatic nitrogens is 2. The first-order chi connectivity index (χ1) is 12.7. The number of carbonyl (C=O) groups is 1. The van der Waals surface area contributed by atoms with Gasteiger partial charge in [0.15, 0.2) is 0 Å². The molecule has 138 valence electrons. The number of hydrogen-bond donors (Lipinski definition) is 1. The van der Waals surface area contributed by atoms with Crippen molar-refractivity contribution >= 4 is 5.91 Å². The van der Waals surface area contributed by atoms with E-state index < -0.39 is 0 Å².